The molecule has 0 saturated carbocycles. The third kappa shape index (κ3) is 9.41. The molecule has 6 heteroatoms. The van der Waals surface area contributed by atoms with Gasteiger partial charge in [-0.05, 0) is 0 Å². The third-order valence-electron chi connectivity index (χ3n) is 7.57. The number of ether oxygens (including phenoxy) is 4. The molecule has 6 rings (SSSR count). The van der Waals surface area contributed by atoms with Crippen LogP contribution < -0.4 is 4.46 Å². The predicted octanol–water partition coefficient (Wildman–Crippen LogP) is 7.71. The number of hydrogen-bond donors (Lipinski definition) is 0. The van der Waals surface area contributed by atoms with Crippen molar-refractivity contribution < 1.29 is 18.9 Å². The summed E-state index contributed by atoms with van der Waals surface area (Å²) in [7, 11) is 0. The Morgan fingerprint density at radius 2 is 1.00 bits per heavy atom. The molecule has 1 aliphatic rings. The van der Waals surface area contributed by atoms with Crippen molar-refractivity contribution in [2.75, 3.05) is 6.61 Å². The van der Waals surface area contributed by atoms with Gasteiger partial charge in [-0.1, -0.05) is 0 Å². The van der Waals surface area contributed by atoms with Gasteiger partial charge in [-0.15, -0.1) is 0 Å². The van der Waals surface area contributed by atoms with E-state index in [1.807, 2.05) is 42.5 Å². The molecule has 0 unspecified atom stereocenters. The predicted molar refractivity (Wildman–Crippen MR) is 183 cm³/mol. The minimum absolute atomic E-state index is 0.0548. The molecule has 5 aromatic rings. The van der Waals surface area contributed by atoms with Crippen LogP contribution in [0.3, 0.4) is 0 Å². The Kier molecular flexibility index (Phi) is 12.0. The summed E-state index contributed by atoms with van der Waals surface area (Å²) >= 11 is 1.82. The van der Waals surface area contributed by atoms with Crippen molar-refractivity contribution in [2.24, 2.45) is 0 Å². The number of rotatable bonds is 14. The van der Waals surface area contributed by atoms with Crippen molar-refractivity contribution >= 4 is 31.2 Å². The van der Waals surface area contributed by atoms with Gasteiger partial charge >= 0.3 is 278 Å². The standard InChI is InChI=1S/C39H38O4SSe/c1-6-16-30(17-7-1)26-40-29-35-36(41-27-31-18-8-2-9-19-31)37(42-28-32-20-10-3-11-21-32)38(45-34-24-14-5-15-25-34)39(43-35)44-33-22-12-4-13-23-33/h1-25,35-39H,26-29H2/t35-,36-,37+,38-,39+/m1/s1. The fraction of sp³-hybridized carbons (Fsp3) is 0.231. The summed E-state index contributed by atoms with van der Waals surface area (Å²) in [6.07, 6.45) is -0.857. The summed E-state index contributed by atoms with van der Waals surface area (Å²) < 4.78 is 28.5. The van der Waals surface area contributed by atoms with E-state index in [4.69, 9.17) is 18.9 Å². The number of thioether (sulfide) groups is 1. The van der Waals surface area contributed by atoms with Crippen LogP contribution in [0, 0.1) is 0 Å². The Morgan fingerprint density at radius 1 is 0.533 bits per heavy atom. The molecular formula is C39H38O4SSe. The average Bonchev–Trinajstić information content (AvgIpc) is 3.10. The van der Waals surface area contributed by atoms with E-state index in [0.717, 1.165) is 16.7 Å². The Bertz CT molecular complexity index is 1530. The van der Waals surface area contributed by atoms with Crippen LogP contribution in [0.4, 0.5) is 0 Å². The molecule has 0 amide bonds. The van der Waals surface area contributed by atoms with E-state index in [1.54, 1.807) is 11.8 Å². The fourth-order valence-corrected chi connectivity index (χ4v) is 9.48. The Labute approximate surface area is 277 Å². The van der Waals surface area contributed by atoms with Crippen LogP contribution in [0.25, 0.3) is 0 Å². The second-order valence-corrected chi connectivity index (χ2v) is 14.7. The first-order valence-electron chi connectivity index (χ1n) is 15.3. The third-order valence-corrected chi connectivity index (χ3v) is 11.9. The maximum absolute atomic E-state index is 7.05. The van der Waals surface area contributed by atoms with E-state index in [9.17, 15) is 0 Å². The number of hydrogen-bond acceptors (Lipinski definition) is 5. The van der Waals surface area contributed by atoms with E-state index in [1.165, 1.54) is 9.36 Å². The summed E-state index contributed by atoms with van der Waals surface area (Å²) in [5.41, 5.74) is 3.25. The van der Waals surface area contributed by atoms with Crippen LogP contribution in [0.5, 0.6) is 0 Å². The summed E-state index contributed by atoms with van der Waals surface area (Å²) in [4.78, 5) is 1.26. The number of benzene rings is 5. The summed E-state index contributed by atoms with van der Waals surface area (Å²) in [6, 6.07) is 52.3. The van der Waals surface area contributed by atoms with Crippen LogP contribution >= 0.6 is 11.8 Å². The second-order valence-electron chi connectivity index (χ2n) is 10.9. The van der Waals surface area contributed by atoms with Crippen LogP contribution in [0.2, 0.25) is 4.82 Å². The van der Waals surface area contributed by atoms with Gasteiger partial charge in [0.25, 0.3) is 0 Å². The van der Waals surface area contributed by atoms with Gasteiger partial charge in [-0.2, -0.15) is 0 Å². The van der Waals surface area contributed by atoms with E-state index in [2.05, 4.69) is 109 Å². The molecule has 1 saturated heterocycles. The van der Waals surface area contributed by atoms with Gasteiger partial charge in [0.05, 0.1) is 0 Å². The second kappa shape index (κ2) is 16.9. The maximum atomic E-state index is 7.05. The molecule has 0 spiro atoms. The normalized spacial score (nSPS) is 21.4. The molecule has 5 atom stereocenters. The Morgan fingerprint density at radius 3 is 1.56 bits per heavy atom. The van der Waals surface area contributed by atoms with E-state index >= 15 is 0 Å². The average molecular weight is 682 g/mol. The molecule has 1 fully saturated rings. The quantitative estimate of drug-likeness (QED) is 0.112. The molecule has 45 heavy (non-hydrogen) atoms. The first kappa shape index (κ1) is 31.8. The van der Waals surface area contributed by atoms with Gasteiger partial charge < -0.3 is 0 Å². The van der Waals surface area contributed by atoms with Crippen molar-refractivity contribution in [1.82, 2.24) is 0 Å². The van der Waals surface area contributed by atoms with E-state index in [0.29, 0.717) is 26.4 Å². The van der Waals surface area contributed by atoms with Crippen molar-refractivity contribution in [2.45, 2.75) is 53.3 Å². The van der Waals surface area contributed by atoms with Crippen molar-refractivity contribution in [3.8, 4) is 0 Å². The molecule has 1 heterocycles. The molecule has 5 aromatic carbocycles. The van der Waals surface area contributed by atoms with Gasteiger partial charge in [0.1, 0.15) is 0 Å². The fourth-order valence-electron chi connectivity index (χ4n) is 5.31. The van der Waals surface area contributed by atoms with Crippen molar-refractivity contribution in [3.63, 3.8) is 0 Å². The van der Waals surface area contributed by atoms with Gasteiger partial charge in [-0.3, -0.25) is 0 Å². The Balaban J connectivity index is 1.33. The monoisotopic (exact) mass is 682 g/mol. The summed E-state index contributed by atoms with van der Waals surface area (Å²) in [5, 5.41) is 0. The molecule has 0 aromatic heterocycles. The van der Waals surface area contributed by atoms with Crippen molar-refractivity contribution in [3.05, 3.63) is 168 Å². The van der Waals surface area contributed by atoms with Gasteiger partial charge in [0, 0.05) is 0 Å². The molecule has 0 N–H and O–H groups in total. The van der Waals surface area contributed by atoms with Gasteiger partial charge in [-0.25, -0.2) is 0 Å². The van der Waals surface area contributed by atoms with Crippen LogP contribution in [0.1, 0.15) is 16.7 Å². The molecule has 4 nitrogen and oxygen atoms in total. The first-order valence-corrected chi connectivity index (χ1v) is 18.1. The molecule has 0 radical (unpaired) electrons. The van der Waals surface area contributed by atoms with E-state index in [-0.39, 0.29) is 43.5 Å². The first-order chi connectivity index (χ1) is 22.3. The summed E-state index contributed by atoms with van der Waals surface area (Å²) in [5.74, 6) is 0. The minimum atomic E-state index is -0.326. The SMILES string of the molecule is c1ccc(COC[C@H]2O[C@@H](Sc3ccccc3)[C@H]([Se]c3ccccc3)[C@@H](OCc3ccccc3)[C@@H]2OCc2ccccc2)cc1. The molecule has 0 aliphatic carbocycles. The zero-order valence-electron chi connectivity index (χ0n) is 25.1. The molecule has 0 bridgehead atoms. The zero-order chi connectivity index (χ0) is 30.5. The Hall–Kier alpha value is -3.19. The van der Waals surface area contributed by atoms with Crippen LogP contribution in [0.15, 0.2) is 157 Å². The van der Waals surface area contributed by atoms with Crippen LogP contribution in [-0.2, 0) is 38.8 Å². The topological polar surface area (TPSA) is 36.9 Å². The molecule has 230 valence electrons. The zero-order valence-corrected chi connectivity index (χ0v) is 27.6. The molecular weight excluding hydrogens is 643 g/mol. The van der Waals surface area contributed by atoms with E-state index < -0.39 is 0 Å². The van der Waals surface area contributed by atoms with Crippen molar-refractivity contribution in [1.29, 1.82) is 0 Å². The van der Waals surface area contributed by atoms with Crippen LogP contribution in [-0.4, -0.2) is 45.3 Å². The molecule has 1 aliphatic heterocycles. The summed E-state index contributed by atoms with van der Waals surface area (Å²) in [6.45, 7) is 1.88. The van der Waals surface area contributed by atoms with Gasteiger partial charge in [0.2, 0.25) is 0 Å². The van der Waals surface area contributed by atoms with Gasteiger partial charge in [0.15, 0.2) is 0 Å².